The maximum Gasteiger partial charge on any atom is 0.318 e. The van der Waals surface area contributed by atoms with E-state index >= 15 is 0 Å². The Hall–Kier alpha value is -1.30. The average molecular weight is 323 g/mol. The number of urea groups is 1. The summed E-state index contributed by atoms with van der Waals surface area (Å²) >= 11 is 0. The lowest BCUT2D eigenvalue weighted by Gasteiger charge is -2.30. The first-order valence-electron chi connectivity index (χ1n) is 9.19. The van der Waals surface area contributed by atoms with E-state index in [4.69, 9.17) is 4.74 Å². The zero-order valence-electron chi connectivity index (χ0n) is 13.9. The molecule has 2 aliphatic heterocycles. The van der Waals surface area contributed by atoms with Gasteiger partial charge in [0.1, 0.15) is 6.04 Å². The van der Waals surface area contributed by atoms with Crippen molar-refractivity contribution in [2.24, 2.45) is 0 Å². The van der Waals surface area contributed by atoms with Gasteiger partial charge in [-0.3, -0.25) is 4.79 Å². The number of ether oxygens (including phenoxy) is 1. The molecule has 3 aliphatic rings. The lowest BCUT2D eigenvalue weighted by molar-refractivity contribution is -0.125. The molecule has 0 aromatic heterocycles. The quantitative estimate of drug-likeness (QED) is 0.832. The second kappa shape index (κ2) is 7.99. The number of likely N-dealkylation sites (tertiary alicyclic amines) is 1. The topological polar surface area (TPSA) is 70.7 Å². The minimum atomic E-state index is -0.295. The molecule has 1 atom stereocenters. The zero-order valence-corrected chi connectivity index (χ0v) is 13.9. The van der Waals surface area contributed by atoms with E-state index in [2.05, 4.69) is 10.6 Å². The summed E-state index contributed by atoms with van der Waals surface area (Å²) < 4.78 is 5.32. The molecule has 0 aromatic carbocycles. The van der Waals surface area contributed by atoms with Crippen molar-refractivity contribution in [3.8, 4) is 0 Å². The summed E-state index contributed by atoms with van der Waals surface area (Å²) in [5, 5.41) is 6.24. The standard InChI is InChI=1S/C17H29N3O3/c21-16(18-13-5-2-1-3-6-13)15-7-4-10-20(15)17(22)19-14-8-11-23-12-9-14/h13-15H,1-12H2,(H,18,21)(H,19,22). The molecule has 0 radical (unpaired) electrons. The molecule has 6 heteroatoms. The van der Waals surface area contributed by atoms with E-state index in [1.807, 2.05) is 0 Å². The summed E-state index contributed by atoms with van der Waals surface area (Å²) in [5.74, 6) is 0.0385. The molecule has 0 aromatic rings. The molecule has 1 unspecified atom stereocenters. The zero-order chi connectivity index (χ0) is 16.1. The van der Waals surface area contributed by atoms with Crippen LogP contribution in [-0.2, 0) is 9.53 Å². The first-order chi connectivity index (χ1) is 11.2. The molecule has 23 heavy (non-hydrogen) atoms. The van der Waals surface area contributed by atoms with Gasteiger partial charge in [-0.2, -0.15) is 0 Å². The van der Waals surface area contributed by atoms with Gasteiger partial charge < -0.3 is 20.3 Å². The van der Waals surface area contributed by atoms with Crippen molar-refractivity contribution in [3.63, 3.8) is 0 Å². The average Bonchev–Trinajstić information content (AvgIpc) is 3.06. The van der Waals surface area contributed by atoms with Gasteiger partial charge in [-0.1, -0.05) is 19.3 Å². The monoisotopic (exact) mass is 323 g/mol. The second-order valence-corrected chi connectivity index (χ2v) is 7.03. The highest BCUT2D eigenvalue weighted by atomic mass is 16.5. The third kappa shape index (κ3) is 4.37. The smallest absolute Gasteiger partial charge is 0.318 e. The highest BCUT2D eigenvalue weighted by Gasteiger charge is 2.35. The van der Waals surface area contributed by atoms with E-state index in [1.54, 1.807) is 4.90 Å². The number of hydrogen-bond donors (Lipinski definition) is 2. The predicted octanol–water partition coefficient (Wildman–Crippen LogP) is 1.79. The van der Waals surface area contributed by atoms with Gasteiger partial charge in [0.05, 0.1) is 0 Å². The molecule has 1 saturated carbocycles. The molecule has 0 bridgehead atoms. The van der Waals surface area contributed by atoms with Crippen molar-refractivity contribution in [1.82, 2.24) is 15.5 Å². The molecular weight excluding hydrogens is 294 g/mol. The van der Waals surface area contributed by atoms with E-state index in [0.29, 0.717) is 25.8 Å². The van der Waals surface area contributed by atoms with Crippen molar-refractivity contribution >= 4 is 11.9 Å². The SMILES string of the molecule is O=C(NC1CCCCC1)C1CCCN1C(=O)NC1CCOCC1. The Balaban J connectivity index is 1.51. The summed E-state index contributed by atoms with van der Waals surface area (Å²) in [6.45, 7) is 2.09. The van der Waals surface area contributed by atoms with Gasteiger partial charge in [0.25, 0.3) is 0 Å². The largest absolute Gasteiger partial charge is 0.381 e. The molecular formula is C17H29N3O3. The molecule has 130 valence electrons. The molecule has 6 nitrogen and oxygen atoms in total. The number of nitrogens with one attached hydrogen (secondary N) is 2. The number of hydrogen-bond acceptors (Lipinski definition) is 3. The fourth-order valence-electron chi connectivity index (χ4n) is 3.93. The van der Waals surface area contributed by atoms with Crippen LogP contribution in [0.1, 0.15) is 57.8 Å². The first kappa shape index (κ1) is 16.6. The van der Waals surface area contributed by atoms with Gasteiger partial charge in [0.15, 0.2) is 0 Å². The third-order valence-electron chi connectivity index (χ3n) is 5.32. The van der Waals surface area contributed by atoms with Crippen LogP contribution in [0.15, 0.2) is 0 Å². The van der Waals surface area contributed by atoms with Gasteiger partial charge in [0, 0.05) is 31.8 Å². The van der Waals surface area contributed by atoms with Crippen LogP contribution in [0.4, 0.5) is 4.79 Å². The molecule has 0 spiro atoms. The molecule has 3 amide bonds. The van der Waals surface area contributed by atoms with Crippen molar-refractivity contribution in [1.29, 1.82) is 0 Å². The van der Waals surface area contributed by atoms with Gasteiger partial charge in [0.2, 0.25) is 5.91 Å². The van der Waals surface area contributed by atoms with Gasteiger partial charge >= 0.3 is 6.03 Å². The minimum Gasteiger partial charge on any atom is -0.381 e. The maximum absolute atomic E-state index is 12.6. The summed E-state index contributed by atoms with van der Waals surface area (Å²) in [5.41, 5.74) is 0. The Kier molecular flexibility index (Phi) is 5.75. The van der Waals surface area contributed by atoms with Crippen molar-refractivity contribution in [2.45, 2.75) is 75.9 Å². The van der Waals surface area contributed by atoms with Crippen LogP contribution < -0.4 is 10.6 Å². The molecule has 3 rings (SSSR count). The summed E-state index contributed by atoms with van der Waals surface area (Å²) in [4.78, 5) is 26.8. The second-order valence-electron chi connectivity index (χ2n) is 7.03. The van der Waals surface area contributed by atoms with E-state index in [0.717, 1.165) is 38.5 Å². The number of carbonyl (C=O) groups is 2. The Morgan fingerprint density at radius 1 is 0.826 bits per heavy atom. The van der Waals surface area contributed by atoms with Crippen molar-refractivity contribution < 1.29 is 14.3 Å². The predicted molar refractivity (Wildman–Crippen MR) is 87.1 cm³/mol. The number of carbonyl (C=O) groups excluding carboxylic acids is 2. The van der Waals surface area contributed by atoms with E-state index in [-0.39, 0.29) is 24.0 Å². The van der Waals surface area contributed by atoms with E-state index in [1.165, 1.54) is 19.3 Å². The van der Waals surface area contributed by atoms with Crippen LogP contribution in [0, 0.1) is 0 Å². The van der Waals surface area contributed by atoms with Gasteiger partial charge in [-0.25, -0.2) is 4.79 Å². The van der Waals surface area contributed by atoms with E-state index < -0.39 is 0 Å². The summed E-state index contributed by atoms with van der Waals surface area (Å²) in [7, 11) is 0. The van der Waals surface area contributed by atoms with Crippen LogP contribution in [0.5, 0.6) is 0 Å². The highest BCUT2D eigenvalue weighted by Crippen LogP contribution is 2.21. The minimum absolute atomic E-state index is 0.0385. The third-order valence-corrected chi connectivity index (χ3v) is 5.32. The molecule has 1 aliphatic carbocycles. The Labute approximate surface area is 138 Å². The molecule has 2 saturated heterocycles. The van der Waals surface area contributed by atoms with Crippen LogP contribution in [0.3, 0.4) is 0 Å². The molecule has 3 fully saturated rings. The number of rotatable bonds is 3. The Bertz CT molecular complexity index is 379. The Morgan fingerprint density at radius 2 is 1.52 bits per heavy atom. The summed E-state index contributed by atoms with van der Waals surface area (Å²) in [6, 6.07) is 0.103. The van der Waals surface area contributed by atoms with Crippen LogP contribution in [0.2, 0.25) is 0 Å². The van der Waals surface area contributed by atoms with Crippen molar-refractivity contribution in [2.75, 3.05) is 19.8 Å². The van der Waals surface area contributed by atoms with E-state index in [9.17, 15) is 9.59 Å². The van der Waals surface area contributed by atoms with Crippen LogP contribution in [-0.4, -0.2) is 54.7 Å². The molecule has 2 N–H and O–H groups in total. The lowest BCUT2D eigenvalue weighted by Crippen LogP contribution is -2.53. The normalized spacial score (nSPS) is 27.0. The first-order valence-corrected chi connectivity index (χ1v) is 9.19. The van der Waals surface area contributed by atoms with Gasteiger partial charge in [-0.15, -0.1) is 0 Å². The van der Waals surface area contributed by atoms with Crippen LogP contribution >= 0.6 is 0 Å². The maximum atomic E-state index is 12.6. The number of nitrogens with zero attached hydrogens (tertiary/aromatic N) is 1. The molecule has 2 heterocycles. The van der Waals surface area contributed by atoms with Gasteiger partial charge in [-0.05, 0) is 38.5 Å². The van der Waals surface area contributed by atoms with Crippen LogP contribution in [0.25, 0.3) is 0 Å². The Morgan fingerprint density at radius 3 is 2.26 bits per heavy atom. The fraction of sp³-hybridized carbons (Fsp3) is 0.882. The highest BCUT2D eigenvalue weighted by molar-refractivity contribution is 5.87. The summed E-state index contributed by atoms with van der Waals surface area (Å²) in [6.07, 6.45) is 9.22. The number of amides is 3. The van der Waals surface area contributed by atoms with Crippen molar-refractivity contribution in [3.05, 3.63) is 0 Å². The fourth-order valence-corrected chi connectivity index (χ4v) is 3.93. The lowest BCUT2D eigenvalue weighted by atomic mass is 9.95.